The third kappa shape index (κ3) is 2.71. The van der Waals surface area contributed by atoms with Crippen LogP contribution in [0, 0.1) is 0 Å². The smallest absolute Gasteiger partial charge is 0.388 e. The molecular weight excluding hydrogens is 302 g/mol. The first-order valence-corrected chi connectivity index (χ1v) is 7.77. The number of rotatable bonds is 4. The second kappa shape index (κ2) is 5.72. The third-order valence-corrected chi connectivity index (χ3v) is 4.28. The van der Waals surface area contributed by atoms with Crippen LogP contribution >= 0.6 is 0 Å². The molecule has 0 atom stereocenters. The minimum atomic E-state index is -2.88. The van der Waals surface area contributed by atoms with E-state index in [0.717, 1.165) is 67.2 Å². The van der Waals surface area contributed by atoms with E-state index in [-0.39, 0.29) is 5.88 Å². The maximum absolute atomic E-state index is 12.4. The quantitative estimate of drug-likeness (QED) is 0.867. The molecule has 7 heteroatoms. The van der Waals surface area contributed by atoms with E-state index in [2.05, 4.69) is 19.6 Å². The average Bonchev–Trinajstić information content (AvgIpc) is 2.92. The Labute approximate surface area is 132 Å². The Bertz CT molecular complexity index is 734. The molecule has 2 aromatic heterocycles. The molecule has 0 radical (unpaired) electrons. The van der Waals surface area contributed by atoms with Gasteiger partial charge in [-0.25, -0.2) is 15.0 Å². The zero-order valence-electron chi connectivity index (χ0n) is 12.5. The number of ether oxygens (including phenoxy) is 1. The summed E-state index contributed by atoms with van der Waals surface area (Å²) in [6, 6.07) is 3.30. The number of nitrogens with zero attached hydrogens (tertiary/aromatic N) is 4. The average molecular weight is 318 g/mol. The molecule has 2 aliphatic rings. The Morgan fingerprint density at radius 2 is 2.00 bits per heavy atom. The van der Waals surface area contributed by atoms with Crippen molar-refractivity contribution in [3.63, 3.8) is 0 Å². The molecule has 1 aliphatic carbocycles. The van der Waals surface area contributed by atoms with Crippen molar-refractivity contribution < 1.29 is 13.5 Å². The molecule has 0 unspecified atom stereocenters. The standard InChI is InChI=1S/C16H16F2N4O/c17-15(18)23-13-9-10(5-6-19-13)14-11-3-1-4-12(11)20-16(21-14)22-7-2-8-22/h5-6,9,15H,1-4,7-8H2. The van der Waals surface area contributed by atoms with Crippen LogP contribution in [0.3, 0.4) is 0 Å². The summed E-state index contributed by atoms with van der Waals surface area (Å²) in [5, 5.41) is 0. The van der Waals surface area contributed by atoms with Crippen LogP contribution < -0.4 is 9.64 Å². The summed E-state index contributed by atoms with van der Waals surface area (Å²) in [5.41, 5.74) is 3.75. The van der Waals surface area contributed by atoms with Gasteiger partial charge >= 0.3 is 6.61 Å². The molecule has 120 valence electrons. The van der Waals surface area contributed by atoms with Crippen molar-refractivity contribution in [2.75, 3.05) is 18.0 Å². The number of hydrogen-bond donors (Lipinski definition) is 0. The van der Waals surface area contributed by atoms with Crippen molar-refractivity contribution in [3.8, 4) is 17.1 Å². The topological polar surface area (TPSA) is 51.1 Å². The molecule has 1 aliphatic heterocycles. The Hall–Kier alpha value is -2.31. The molecule has 0 amide bonds. The van der Waals surface area contributed by atoms with Crippen LogP contribution in [0.15, 0.2) is 18.3 Å². The normalized spacial score (nSPS) is 16.4. The van der Waals surface area contributed by atoms with E-state index >= 15 is 0 Å². The highest BCUT2D eigenvalue weighted by atomic mass is 19.3. The van der Waals surface area contributed by atoms with Crippen LogP contribution in [0.1, 0.15) is 24.1 Å². The van der Waals surface area contributed by atoms with Crippen LogP contribution in [-0.4, -0.2) is 34.7 Å². The van der Waals surface area contributed by atoms with E-state index in [1.54, 1.807) is 6.07 Å². The molecule has 0 bridgehead atoms. The van der Waals surface area contributed by atoms with Crippen LogP contribution in [0.25, 0.3) is 11.3 Å². The minimum Gasteiger partial charge on any atom is -0.417 e. The van der Waals surface area contributed by atoms with Crippen molar-refractivity contribution in [1.29, 1.82) is 0 Å². The van der Waals surface area contributed by atoms with Gasteiger partial charge in [0.25, 0.3) is 0 Å². The van der Waals surface area contributed by atoms with E-state index in [1.807, 2.05) is 0 Å². The fourth-order valence-corrected chi connectivity index (χ4v) is 3.03. The lowest BCUT2D eigenvalue weighted by Crippen LogP contribution is -2.38. The lowest BCUT2D eigenvalue weighted by atomic mass is 10.1. The van der Waals surface area contributed by atoms with Gasteiger partial charge in [-0.05, 0) is 31.7 Å². The summed E-state index contributed by atoms with van der Waals surface area (Å²) in [6.45, 7) is -0.951. The summed E-state index contributed by atoms with van der Waals surface area (Å²) in [4.78, 5) is 15.3. The molecule has 4 rings (SSSR count). The molecule has 23 heavy (non-hydrogen) atoms. The number of anilines is 1. The first kappa shape index (κ1) is 14.3. The van der Waals surface area contributed by atoms with Gasteiger partial charge in [-0.15, -0.1) is 0 Å². The Morgan fingerprint density at radius 1 is 1.13 bits per heavy atom. The van der Waals surface area contributed by atoms with Crippen molar-refractivity contribution in [2.24, 2.45) is 0 Å². The SMILES string of the molecule is FC(F)Oc1cc(-c2nc(N3CCC3)nc3c2CCC3)ccn1. The van der Waals surface area contributed by atoms with Gasteiger partial charge in [-0.2, -0.15) is 8.78 Å². The van der Waals surface area contributed by atoms with Gasteiger partial charge in [0.15, 0.2) is 0 Å². The summed E-state index contributed by atoms with van der Waals surface area (Å²) in [7, 11) is 0. The van der Waals surface area contributed by atoms with Gasteiger partial charge < -0.3 is 9.64 Å². The van der Waals surface area contributed by atoms with E-state index in [9.17, 15) is 8.78 Å². The van der Waals surface area contributed by atoms with Crippen molar-refractivity contribution in [1.82, 2.24) is 15.0 Å². The number of alkyl halides is 2. The second-order valence-corrected chi connectivity index (χ2v) is 5.75. The molecule has 3 heterocycles. The molecule has 0 N–H and O–H groups in total. The molecular formula is C16H16F2N4O. The van der Waals surface area contributed by atoms with Crippen LogP contribution in [-0.2, 0) is 12.8 Å². The highest BCUT2D eigenvalue weighted by Crippen LogP contribution is 2.33. The lowest BCUT2D eigenvalue weighted by molar-refractivity contribution is -0.0528. The van der Waals surface area contributed by atoms with Gasteiger partial charge in [0.2, 0.25) is 11.8 Å². The molecule has 0 saturated carbocycles. The zero-order chi connectivity index (χ0) is 15.8. The zero-order valence-corrected chi connectivity index (χ0v) is 12.5. The maximum atomic E-state index is 12.4. The van der Waals surface area contributed by atoms with Crippen molar-refractivity contribution in [2.45, 2.75) is 32.3 Å². The van der Waals surface area contributed by atoms with Gasteiger partial charge in [0.1, 0.15) is 0 Å². The first-order chi connectivity index (χ1) is 11.2. The van der Waals surface area contributed by atoms with Gasteiger partial charge in [0, 0.05) is 42.2 Å². The number of hydrogen-bond acceptors (Lipinski definition) is 5. The van der Waals surface area contributed by atoms with Crippen LogP contribution in [0.4, 0.5) is 14.7 Å². The van der Waals surface area contributed by atoms with E-state index in [0.29, 0.717) is 0 Å². The summed E-state index contributed by atoms with van der Waals surface area (Å²) in [6.07, 6.45) is 5.53. The largest absolute Gasteiger partial charge is 0.417 e. The lowest BCUT2D eigenvalue weighted by Gasteiger charge is -2.31. The number of halogens is 2. The minimum absolute atomic E-state index is 0.0895. The first-order valence-electron chi connectivity index (χ1n) is 7.77. The van der Waals surface area contributed by atoms with Gasteiger partial charge in [0.05, 0.1) is 5.69 Å². The maximum Gasteiger partial charge on any atom is 0.388 e. The highest BCUT2D eigenvalue weighted by Gasteiger charge is 2.25. The fourth-order valence-electron chi connectivity index (χ4n) is 3.03. The van der Waals surface area contributed by atoms with Crippen LogP contribution in [0.2, 0.25) is 0 Å². The summed E-state index contributed by atoms with van der Waals surface area (Å²) < 4.78 is 29.2. The van der Waals surface area contributed by atoms with E-state index < -0.39 is 6.61 Å². The fraction of sp³-hybridized carbons (Fsp3) is 0.438. The van der Waals surface area contributed by atoms with E-state index in [4.69, 9.17) is 4.98 Å². The van der Waals surface area contributed by atoms with Gasteiger partial charge in [-0.1, -0.05) is 0 Å². The number of aromatic nitrogens is 3. The van der Waals surface area contributed by atoms with Crippen LogP contribution in [0.5, 0.6) is 5.88 Å². The Balaban J connectivity index is 1.77. The number of pyridine rings is 1. The summed E-state index contributed by atoms with van der Waals surface area (Å²) >= 11 is 0. The molecule has 5 nitrogen and oxygen atoms in total. The molecule has 1 saturated heterocycles. The summed E-state index contributed by atoms with van der Waals surface area (Å²) in [5.74, 6) is 0.647. The monoisotopic (exact) mass is 318 g/mol. The number of aryl methyl sites for hydroxylation is 1. The number of fused-ring (bicyclic) bond motifs is 1. The predicted octanol–water partition coefficient (Wildman–Crippen LogP) is 2.84. The third-order valence-electron chi connectivity index (χ3n) is 4.28. The predicted molar refractivity (Wildman–Crippen MR) is 80.8 cm³/mol. The van der Waals surface area contributed by atoms with Crippen molar-refractivity contribution in [3.05, 3.63) is 29.6 Å². The molecule has 2 aromatic rings. The second-order valence-electron chi connectivity index (χ2n) is 5.75. The van der Waals surface area contributed by atoms with Gasteiger partial charge in [-0.3, -0.25) is 0 Å². The Morgan fingerprint density at radius 3 is 2.74 bits per heavy atom. The van der Waals surface area contributed by atoms with E-state index in [1.165, 1.54) is 12.3 Å². The van der Waals surface area contributed by atoms with Crippen molar-refractivity contribution >= 4 is 5.95 Å². The molecule has 0 aromatic carbocycles. The molecule has 0 spiro atoms. The highest BCUT2D eigenvalue weighted by molar-refractivity contribution is 5.67. The molecule has 1 fully saturated rings. The Kier molecular flexibility index (Phi) is 3.55.